The molecule has 0 aliphatic carbocycles. The van der Waals surface area contributed by atoms with Crippen LogP contribution >= 0.6 is 0 Å². The van der Waals surface area contributed by atoms with Gasteiger partial charge in [-0.2, -0.15) is 0 Å². The van der Waals surface area contributed by atoms with Crippen molar-refractivity contribution in [3.05, 3.63) is 109 Å². The van der Waals surface area contributed by atoms with E-state index in [0.29, 0.717) is 0 Å². The van der Waals surface area contributed by atoms with Gasteiger partial charge in [0.05, 0.1) is 0 Å². The molecule has 0 spiro atoms. The van der Waals surface area contributed by atoms with Gasteiger partial charge in [0.15, 0.2) is 0 Å². The molecule has 3 aromatic rings. The van der Waals surface area contributed by atoms with Crippen molar-refractivity contribution in [3.8, 4) is 5.75 Å². The number of hydrogen-bond acceptors (Lipinski definition) is 1. The van der Waals surface area contributed by atoms with Crippen molar-refractivity contribution in [1.82, 2.24) is 0 Å². The van der Waals surface area contributed by atoms with Crippen LogP contribution in [0.5, 0.6) is 5.75 Å². The minimum atomic E-state index is 0.197. The SMILES string of the molecule is [CH2]Oc1cccc(C(c2ccccc2)c2ccccc2)c1. The fourth-order valence-corrected chi connectivity index (χ4v) is 2.65. The molecule has 0 saturated carbocycles. The molecule has 0 atom stereocenters. The van der Waals surface area contributed by atoms with Crippen molar-refractivity contribution in [2.24, 2.45) is 0 Å². The van der Waals surface area contributed by atoms with Gasteiger partial charge in [0, 0.05) is 5.92 Å². The van der Waals surface area contributed by atoms with Crippen molar-refractivity contribution in [3.63, 3.8) is 0 Å². The minimum absolute atomic E-state index is 0.197. The number of rotatable bonds is 4. The summed E-state index contributed by atoms with van der Waals surface area (Å²) in [7, 11) is 3.50. The monoisotopic (exact) mass is 273 g/mol. The second kappa shape index (κ2) is 6.27. The Labute approximate surface area is 125 Å². The second-order valence-electron chi connectivity index (χ2n) is 4.97. The molecule has 0 amide bonds. The molecule has 0 fully saturated rings. The summed E-state index contributed by atoms with van der Waals surface area (Å²) >= 11 is 0. The van der Waals surface area contributed by atoms with Gasteiger partial charge in [-0.3, -0.25) is 0 Å². The summed E-state index contributed by atoms with van der Waals surface area (Å²) in [6.07, 6.45) is 0. The molecular weight excluding hydrogens is 256 g/mol. The Kier molecular flexibility index (Phi) is 4.02. The Morgan fingerprint density at radius 3 is 1.67 bits per heavy atom. The third kappa shape index (κ3) is 2.97. The van der Waals surface area contributed by atoms with E-state index in [-0.39, 0.29) is 5.92 Å². The highest BCUT2D eigenvalue weighted by atomic mass is 16.5. The lowest BCUT2D eigenvalue weighted by Crippen LogP contribution is -2.03. The van der Waals surface area contributed by atoms with E-state index in [1.54, 1.807) is 0 Å². The van der Waals surface area contributed by atoms with Gasteiger partial charge < -0.3 is 4.74 Å². The molecule has 0 heterocycles. The fraction of sp³-hybridized carbons (Fsp3) is 0.0500. The zero-order valence-corrected chi connectivity index (χ0v) is 11.8. The normalized spacial score (nSPS) is 10.6. The number of benzene rings is 3. The van der Waals surface area contributed by atoms with Gasteiger partial charge in [0.1, 0.15) is 12.9 Å². The van der Waals surface area contributed by atoms with Gasteiger partial charge in [-0.05, 0) is 28.8 Å². The smallest absolute Gasteiger partial charge is 0.122 e. The fourth-order valence-electron chi connectivity index (χ4n) is 2.65. The molecule has 21 heavy (non-hydrogen) atoms. The van der Waals surface area contributed by atoms with Crippen LogP contribution in [0, 0.1) is 7.11 Å². The standard InChI is InChI=1S/C20H17O/c1-21-19-14-8-13-18(15-19)20(16-9-4-2-5-10-16)17-11-6-3-7-12-17/h2-15,20H,1H2. The van der Waals surface area contributed by atoms with Crippen LogP contribution in [0.15, 0.2) is 84.9 Å². The predicted molar refractivity (Wildman–Crippen MR) is 86.3 cm³/mol. The van der Waals surface area contributed by atoms with Crippen LogP contribution in [0.2, 0.25) is 0 Å². The topological polar surface area (TPSA) is 9.23 Å². The Bertz CT molecular complexity index is 650. The van der Waals surface area contributed by atoms with E-state index in [1.165, 1.54) is 16.7 Å². The van der Waals surface area contributed by atoms with Gasteiger partial charge in [-0.15, -0.1) is 0 Å². The molecule has 0 unspecified atom stereocenters. The van der Waals surface area contributed by atoms with Crippen LogP contribution in [0.25, 0.3) is 0 Å². The summed E-state index contributed by atoms with van der Waals surface area (Å²) in [5.41, 5.74) is 3.74. The maximum atomic E-state index is 5.13. The number of hydrogen-bond donors (Lipinski definition) is 0. The van der Waals surface area contributed by atoms with Crippen LogP contribution in [-0.2, 0) is 0 Å². The summed E-state index contributed by atoms with van der Waals surface area (Å²) in [6, 6.07) is 29.2. The third-order valence-corrected chi connectivity index (χ3v) is 3.62. The van der Waals surface area contributed by atoms with E-state index < -0.39 is 0 Å². The van der Waals surface area contributed by atoms with Crippen molar-refractivity contribution in [2.45, 2.75) is 5.92 Å². The summed E-state index contributed by atoms with van der Waals surface area (Å²) in [6.45, 7) is 0. The predicted octanol–water partition coefficient (Wildman–Crippen LogP) is 5.04. The molecular formula is C20H17O. The van der Waals surface area contributed by atoms with Crippen molar-refractivity contribution in [2.75, 3.05) is 0 Å². The molecule has 0 aromatic heterocycles. The number of ether oxygens (including phenoxy) is 1. The first-order chi connectivity index (χ1) is 10.4. The molecule has 103 valence electrons. The largest absolute Gasteiger partial charge is 0.490 e. The molecule has 3 rings (SSSR count). The summed E-state index contributed by atoms with van der Waals surface area (Å²) < 4.78 is 5.13. The average Bonchev–Trinajstić information content (AvgIpc) is 2.57. The second-order valence-corrected chi connectivity index (χ2v) is 4.97. The molecule has 0 saturated heterocycles. The van der Waals surface area contributed by atoms with E-state index in [9.17, 15) is 0 Å². The average molecular weight is 273 g/mol. The highest BCUT2D eigenvalue weighted by Crippen LogP contribution is 2.33. The first kappa shape index (κ1) is 13.4. The van der Waals surface area contributed by atoms with Gasteiger partial charge in [-0.25, -0.2) is 0 Å². The zero-order valence-electron chi connectivity index (χ0n) is 11.8. The quantitative estimate of drug-likeness (QED) is 0.605. The zero-order chi connectivity index (χ0) is 14.5. The van der Waals surface area contributed by atoms with Crippen LogP contribution in [-0.4, -0.2) is 0 Å². The Hall–Kier alpha value is -2.54. The molecule has 0 aliphatic heterocycles. The highest BCUT2D eigenvalue weighted by Gasteiger charge is 2.16. The maximum Gasteiger partial charge on any atom is 0.122 e. The molecule has 1 radical (unpaired) electrons. The van der Waals surface area contributed by atoms with Crippen LogP contribution < -0.4 is 4.74 Å². The van der Waals surface area contributed by atoms with E-state index >= 15 is 0 Å². The van der Waals surface area contributed by atoms with Crippen molar-refractivity contribution < 1.29 is 4.74 Å². The van der Waals surface area contributed by atoms with E-state index in [2.05, 4.69) is 67.8 Å². The van der Waals surface area contributed by atoms with Crippen LogP contribution in [0.3, 0.4) is 0 Å². The Balaban J connectivity index is 2.12. The molecule has 1 nitrogen and oxygen atoms in total. The van der Waals surface area contributed by atoms with Crippen molar-refractivity contribution >= 4 is 0 Å². The summed E-state index contributed by atoms with van der Waals surface area (Å²) in [4.78, 5) is 0. The molecule has 0 aliphatic rings. The molecule has 0 bridgehead atoms. The summed E-state index contributed by atoms with van der Waals surface area (Å²) in [5, 5.41) is 0. The highest BCUT2D eigenvalue weighted by molar-refractivity contribution is 5.45. The Morgan fingerprint density at radius 2 is 1.14 bits per heavy atom. The van der Waals surface area contributed by atoms with E-state index in [0.717, 1.165) is 5.75 Å². The van der Waals surface area contributed by atoms with Gasteiger partial charge >= 0.3 is 0 Å². The third-order valence-electron chi connectivity index (χ3n) is 3.62. The van der Waals surface area contributed by atoms with E-state index in [4.69, 9.17) is 4.74 Å². The van der Waals surface area contributed by atoms with Gasteiger partial charge in [-0.1, -0.05) is 72.8 Å². The van der Waals surface area contributed by atoms with Crippen LogP contribution in [0.4, 0.5) is 0 Å². The summed E-state index contributed by atoms with van der Waals surface area (Å²) in [5.74, 6) is 0.979. The van der Waals surface area contributed by atoms with Gasteiger partial charge in [0.25, 0.3) is 0 Å². The van der Waals surface area contributed by atoms with Crippen molar-refractivity contribution in [1.29, 1.82) is 0 Å². The molecule has 0 N–H and O–H groups in total. The first-order valence-corrected chi connectivity index (χ1v) is 7.00. The lowest BCUT2D eigenvalue weighted by molar-refractivity contribution is 0.472. The van der Waals surface area contributed by atoms with E-state index in [1.807, 2.05) is 24.3 Å². The minimum Gasteiger partial charge on any atom is -0.490 e. The molecule has 1 heteroatoms. The van der Waals surface area contributed by atoms with Crippen LogP contribution in [0.1, 0.15) is 22.6 Å². The lowest BCUT2D eigenvalue weighted by atomic mass is 9.85. The maximum absolute atomic E-state index is 5.13. The van der Waals surface area contributed by atoms with Gasteiger partial charge in [0.2, 0.25) is 0 Å². The molecule has 3 aromatic carbocycles. The first-order valence-electron chi connectivity index (χ1n) is 7.00. The lowest BCUT2D eigenvalue weighted by Gasteiger charge is -2.19. The Morgan fingerprint density at radius 1 is 0.619 bits per heavy atom.